The van der Waals surface area contributed by atoms with Gasteiger partial charge in [0, 0.05) is 13.0 Å². The first kappa shape index (κ1) is 69.6. The van der Waals surface area contributed by atoms with Crippen LogP contribution in [0.2, 0.25) is 0 Å². The van der Waals surface area contributed by atoms with E-state index in [1.165, 1.54) is 167 Å². The fourth-order valence-electron chi connectivity index (χ4n) is 9.97. The number of rotatable bonds is 51. The predicted molar refractivity (Wildman–Crippen MR) is 298 cm³/mol. The smallest absolute Gasteiger partial charge is 0.306 e. The van der Waals surface area contributed by atoms with Crippen LogP contribution >= 0.6 is 0 Å². The fraction of sp³-hybridized carbons (Fsp3) is 0.918. The maximum atomic E-state index is 13.1. The maximum absolute atomic E-state index is 13.1. The van der Waals surface area contributed by atoms with E-state index in [9.17, 15) is 40.5 Å². The molecule has 0 saturated carbocycles. The zero-order valence-electron chi connectivity index (χ0n) is 47.6. The molecule has 7 N–H and O–H groups in total. The molecule has 11 atom stereocenters. The van der Waals surface area contributed by atoms with E-state index in [1.54, 1.807) is 0 Å². The van der Waals surface area contributed by atoms with Crippen LogP contribution in [0.3, 0.4) is 0 Å². The van der Waals surface area contributed by atoms with Gasteiger partial charge in [-0.05, 0) is 44.9 Å². The number of hydrogen-bond donors (Lipinski definition) is 7. The lowest BCUT2D eigenvalue weighted by atomic mass is 9.98. The van der Waals surface area contributed by atoms with Crippen LogP contribution in [0, 0.1) is 0 Å². The van der Waals surface area contributed by atoms with Gasteiger partial charge in [0.15, 0.2) is 12.6 Å². The SMILES string of the molecule is CCCCC/C=C\C/C=C\CCCCCCCC(=O)OC(COCCCCCCCCCCCCCCCCCCCCCCCCCCCC)COC1OC(COC2OC(CO)C(O)C(O)C2O)C(O)C(O)C1O. The maximum Gasteiger partial charge on any atom is 0.306 e. The molecule has 0 spiro atoms. The van der Waals surface area contributed by atoms with Gasteiger partial charge in [-0.3, -0.25) is 4.79 Å². The molecule has 0 aliphatic carbocycles. The van der Waals surface area contributed by atoms with Crippen molar-refractivity contribution >= 4 is 5.97 Å². The monoisotopic (exact) mass is 1070 g/mol. The van der Waals surface area contributed by atoms with Crippen LogP contribution in [-0.2, 0) is 33.2 Å². The molecule has 2 fully saturated rings. The summed E-state index contributed by atoms with van der Waals surface area (Å²) in [5.74, 6) is -0.385. The van der Waals surface area contributed by atoms with Gasteiger partial charge in [0.2, 0.25) is 0 Å². The predicted octanol–water partition coefficient (Wildman–Crippen LogP) is 11.5. The molecule has 11 unspecified atom stereocenters. The molecular weight excluding hydrogens is 957 g/mol. The molecule has 14 heteroatoms. The number of allylic oxidation sites excluding steroid dienone is 4. The average Bonchev–Trinajstić information content (AvgIpc) is 3.41. The lowest BCUT2D eigenvalue weighted by Crippen LogP contribution is -2.61. The van der Waals surface area contributed by atoms with Crippen LogP contribution in [0.15, 0.2) is 24.3 Å². The largest absolute Gasteiger partial charge is 0.457 e. The highest BCUT2D eigenvalue weighted by Gasteiger charge is 2.47. The van der Waals surface area contributed by atoms with Crippen molar-refractivity contribution in [3.63, 3.8) is 0 Å². The third-order valence-corrected chi connectivity index (χ3v) is 15.0. The van der Waals surface area contributed by atoms with Gasteiger partial charge in [-0.25, -0.2) is 0 Å². The van der Waals surface area contributed by atoms with Crippen LogP contribution in [0.5, 0.6) is 0 Å². The molecule has 0 aromatic rings. The van der Waals surface area contributed by atoms with Crippen LogP contribution < -0.4 is 0 Å². The van der Waals surface area contributed by atoms with E-state index in [-0.39, 0.29) is 25.6 Å². The van der Waals surface area contributed by atoms with E-state index < -0.39 is 80.7 Å². The first-order valence-electron chi connectivity index (χ1n) is 30.9. The summed E-state index contributed by atoms with van der Waals surface area (Å²) in [5, 5.41) is 72.4. The fourth-order valence-corrected chi connectivity index (χ4v) is 9.97. The zero-order chi connectivity index (χ0) is 54.4. The summed E-state index contributed by atoms with van der Waals surface area (Å²) in [4.78, 5) is 13.1. The first-order valence-corrected chi connectivity index (χ1v) is 30.9. The molecule has 2 rings (SSSR count). The van der Waals surface area contributed by atoms with Gasteiger partial charge in [0.1, 0.15) is 54.9 Å². The number of esters is 1. The van der Waals surface area contributed by atoms with Crippen molar-refractivity contribution in [2.75, 3.05) is 33.0 Å². The molecule has 442 valence electrons. The second-order valence-electron chi connectivity index (χ2n) is 21.9. The Bertz CT molecular complexity index is 1330. The Labute approximate surface area is 456 Å². The quantitative estimate of drug-likeness (QED) is 0.0172. The molecule has 2 aliphatic rings. The molecule has 0 aromatic heterocycles. The van der Waals surface area contributed by atoms with Crippen molar-refractivity contribution < 1.29 is 69.0 Å². The second kappa shape index (κ2) is 48.4. The Hall–Kier alpha value is -1.53. The summed E-state index contributed by atoms with van der Waals surface area (Å²) in [5.41, 5.74) is 0. The molecule has 75 heavy (non-hydrogen) atoms. The average molecular weight is 1070 g/mol. The van der Waals surface area contributed by atoms with E-state index in [1.807, 2.05) is 0 Å². The van der Waals surface area contributed by atoms with Crippen LogP contribution in [0.25, 0.3) is 0 Å². The van der Waals surface area contributed by atoms with Crippen LogP contribution in [-0.4, -0.2) is 142 Å². The minimum Gasteiger partial charge on any atom is -0.457 e. The molecule has 2 aliphatic heterocycles. The minimum atomic E-state index is -1.71. The Morgan fingerprint density at radius 1 is 0.440 bits per heavy atom. The number of ether oxygens (including phenoxy) is 6. The van der Waals surface area contributed by atoms with E-state index >= 15 is 0 Å². The lowest BCUT2D eigenvalue weighted by molar-refractivity contribution is -0.332. The van der Waals surface area contributed by atoms with E-state index in [4.69, 9.17) is 28.4 Å². The molecule has 0 aromatic carbocycles. The Balaban J connectivity index is 1.65. The highest BCUT2D eigenvalue weighted by Crippen LogP contribution is 2.27. The summed E-state index contributed by atoms with van der Waals surface area (Å²) in [6, 6.07) is 0. The van der Waals surface area contributed by atoms with Crippen molar-refractivity contribution in [1.29, 1.82) is 0 Å². The Morgan fingerprint density at radius 3 is 1.31 bits per heavy atom. The third kappa shape index (κ3) is 35.0. The number of unbranched alkanes of at least 4 members (excludes halogenated alkanes) is 33. The Morgan fingerprint density at radius 2 is 0.827 bits per heavy atom. The standard InChI is InChI=1S/C61H114O14/c1-3-5-7-9-11-13-15-17-19-20-21-22-23-24-25-26-27-28-29-31-33-35-37-39-41-43-45-70-47-50(73-53(63)44-42-40-38-36-34-32-30-18-16-14-12-10-8-6-4-2)48-71-60-59(69)57(67)55(65)52(75-60)49-72-61-58(68)56(66)54(64)51(46-62)74-61/h12,14,18,30,50-52,54-62,64-69H,3-11,13,15-17,19-29,31-49H2,1-2H3/b14-12-,30-18-. The van der Waals surface area contributed by atoms with Gasteiger partial charge in [0.05, 0.1) is 26.4 Å². The zero-order valence-corrected chi connectivity index (χ0v) is 47.6. The van der Waals surface area contributed by atoms with Crippen molar-refractivity contribution in [1.82, 2.24) is 0 Å². The molecular formula is C61H114O14. The third-order valence-electron chi connectivity index (χ3n) is 15.0. The van der Waals surface area contributed by atoms with Crippen molar-refractivity contribution in [3.8, 4) is 0 Å². The van der Waals surface area contributed by atoms with Gasteiger partial charge in [-0.15, -0.1) is 0 Å². The number of hydrogen-bond acceptors (Lipinski definition) is 14. The topological polar surface area (TPSA) is 214 Å². The van der Waals surface area contributed by atoms with Crippen LogP contribution in [0.4, 0.5) is 0 Å². The van der Waals surface area contributed by atoms with Crippen molar-refractivity contribution in [2.24, 2.45) is 0 Å². The van der Waals surface area contributed by atoms with Gasteiger partial charge >= 0.3 is 5.97 Å². The molecule has 14 nitrogen and oxygen atoms in total. The van der Waals surface area contributed by atoms with E-state index in [0.29, 0.717) is 13.0 Å². The summed E-state index contributed by atoms with van der Waals surface area (Å²) in [7, 11) is 0. The number of carbonyl (C=O) groups is 1. The summed E-state index contributed by atoms with van der Waals surface area (Å²) in [6.07, 6.45) is 39.7. The molecule has 2 heterocycles. The first-order chi connectivity index (χ1) is 36.6. The lowest BCUT2D eigenvalue weighted by Gasteiger charge is -2.42. The number of carbonyl (C=O) groups excluding carboxylic acids is 1. The molecule has 0 radical (unpaired) electrons. The second-order valence-corrected chi connectivity index (χ2v) is 21.9. The summed E-state index contributed by atoms with van der Waals surface area (Å²) in [6.45, 7) is 3.70. The van der Waals surface area contributed by atoms with Gasteiger partial charge < -0.3 is 64.2 Å². The van der Waals surface area contributed by atoms with E-state index in [0.717, 1.165) is 64.2 Å². The van der Waals surface area contributed by atoms with Gasteiger partial charge in [-0.1, -0.05) is 231 Å². The van der Waals surface area contributed by atoms with Crippen LogP contribution in [0.1, 0.15) is 258 Å². The number of aliphatic hydroxyl groups is 7. The minimum absolute atomic E-state index is 0.0605. The highest BCUT2D eigenvalue weighted by atomic mass is 16.7. The normalized spacial score (nSPS) is 24.7. The van der Waals surface area contributed by atoms with Gasteiger partial charge in [0.25, 0.3) is 0 Å². The highest BCUT2D eigenvalue weighted by molar-refractivity contribution is 5.69. The summed E-state index contributed by atoms with van der Waals surface area (Å²) >= 11 is 0. The summed E-state index contributed by atoms with van der Waals surface area (Å²) < 4.78 is 34.4. The van der Waals surface area contributed by atoms with Crippen molar-refractivity contribution in [2.45, 2.75) is 325 Å². The molecule has 0 bridgehead atoms. The molecule has 2 saturated heterocycles. The Kier molecular flexibility index (Phi) is 44.9. The molecule has 0 amide bonds. The number of aliphatic hydroxyl groups excluding tert-OH is 7. The van der Waals surface area contributed by atoms with Gasteiger partial charge in [-0.2, -0.15) is 0 Å². The van der Waals surface area contributed by atoms with E-state index in [2.05, 4.69) is 38.2 Å². The van der Waals surface area contributed by atoms with Crippen molar-refractivity contribution in [3.05, 3.63) is 24.3 Å².